The van der Waals surface area contributed by atoms with E-state index in [1.165, 1.54) is 4.31 Å². The minimum absolute atomic E-state index is 0.167. The van der Waals surface area contributed by atoms with Gasteiger partial charge >= 0.3 is 5.97 Å². The molecule has 1 atom stereocenters. The lowest BCUT2D eigenvalue weighted by Crippen LogP contribution is -2.41. The van der Waals surface area contributed by atoms with Gasteiger partial charge in [0.15, 0.2) is 6.61 Å². The third-order valence-corrected chi connectivity index (χ3v) is 8.93. The van der Waals surface area contributed by atoms with Gasteiger partial charge in [-0.2, -0.15) is 4.31 Å². The summed E-state index contributed by atoms with van der Waals surface area (Å²) in [6.45, 7) is -0.239. The Kier molecular flexibility index (Phi) is 8.38. The Morgan fingerprint density at radius 2 is 1.35 bits per heavy atom. The molecular formula is C32H30N2O5S. The first kappa shape index (κ1) is 27.3. The molecule has 1 N–H and O–H groups in total. The predicted molar refractivity (Wildman–Crippen MR) is 152 cm³/mol. The lowest BCUT2D eigenvalue weighted by molar-refractivity contribution is -0.149. The lowest BCUT2D eigenvalue weighted by Gasteiger charge is -2.36. The average Bonchev–Trinajstić information content (AvgIpc) is 3.00. The van der Waals surface area contributed by atoms with Crippen molar-refractivity contribution in [3.8, 4) is 0 Å². The molecule has 1 aliphatic rings. The van der Waals surface area contributed by atoms with E-state index in [2.05, 4.69) is 5.32 Å². The number of nitrogens with zero attached hydrogens (tertiary/aromatic N) is 1. The number of fused-ring (bicyclic) bond motifs is 1. The molecule has 8 heteroatoms. The Hall–Kier alpha value is -4.27. The molecule has 0 aliphatic carbocycles. The number of rotatable bonds is 9. The molecule has 0 saturated heterocycles. The first-order chi connectivity index (χ1) is 19.4. The predicted octanol–water partition coefficient (Wildman–Crippen LogP) is 4.81. The largest absolute Gasteiger partial charge is 0.456 e. The minimum atomic E-state index is -3.86. The van der Waals surface area contributed by atoms with Gasteiger partial charge in [0.05, 0.1) is 23.4 Å². The molecule has 1 aliphatic heterocycles. The van der Waals surface area contributed by atoms with Crippen molar-refractivity contribution in [2.75, 3.05) is 13.2 Å². The molecule has 1 heterocycles. The molecule has 0 spiro atoms. The minimum Gasteiger partial charge on any atom is -0.456 e. The van der Waals surface area contributed by atoms with Crippen molar-refractivity contribution >= 4 is 21.9 Å². The summed E-state index contributed by atoms with van der Waals surface area (Å²) in [5.41, 5.74) is 3.55. The van der Waals surface area contributed by atoms with Crippen LogP contribution in [-0.4, -0.2) is 37.8 Å². The van der Waals surface area contributed by atoms with Crippen molar-refractivity contribution in [3.05, 3.63) is 138 Å². The second-order valence-corrected chi connectivity index (χ2v) is 11.5. The van der Waals surface area contributed by atoms with Crippen molar-refractivity contribution in [3.63, 3.8) is 0 Å². The second-order valence-electron chi connectivity index (χ2n) is 9.58. The molecule has 0 saturated carbocycles. The average molecular weight is 555 g/mol. The van der Waals surface area contributed by atoms with E-state index < -0.39 is 40.6 Å². The van der Waals surface area contributed by atoms with Gasteiger partial charge in [0.2, 0.25) is 10.0 Å². The maximum atomic E-state index is 13.6. The quantitative estimate of drug-likeness (QED) is 0.300. The van der Waals surface area contributed by atoms with Gasteiger partial charge in [-0.3, -0.25) is 9.59 Å². The number of hydrogen-bond donors (Lipinski definition) is 1. The molecular weight excluding hydrogens is 524 g/mol. The van der Waals surface area contributed by atoms with Gasteiger partial charge < -0.3 is 10.1 Å². The zero-order chi connectivity index (χ0) is 28.0. The van der Waals surface area contributed by atoms with Crippen LogP contribution >= 0.6 is 0 Å². The van der Waals surface area contributed by atoms with Crippen LogP contribution in [0, 0.1) is 0 Å². The number of ether oxygens (including phenoxy) is 1. The second kappa shape index (κ2) is 12.3. The Balaban J connectivity index is 1.30. The summed E-state index contributed by atoms with van der Waals surface area (Å²) < 4.78 is 33.9. The highest BCUT2D eigenvalue weighted by Gasteiger charge is 2.37. The fraction of sp³-hybridized carbons (Fsp3) is 0.188. The fourth-order valence-electron chi connectivity index (χ4n) is 5.07. The number of carbonyl (C=O) groups excluding carboxylic acids is 2. The molecule has 4 aromatic carbocycles. The third kappa shape index (κ3) is 6.14. The third-order valence-electron chi connectivity index (χ3n) is 7.01. The molecule has 4 aromatic rings. The SMILES string of the molecule is O=C(COC(=O)CC1c2ccccc2CCN1S(=O)(=O)c1ccccc1)NC(c1ccccc1)c1ccccc1. The van der Waals surface area contributed by atoms with Crippen LogP contribution in [0.25, 0.3) is 0 Å². The smallest absolute Gasteiger partial charge is 0.308 e. The van der Waals surface area contributed by atoms with E-state index >= 15 is 0 Å². The maximum absolute atomic E-state index is 13.6. The van der Waals surface area contributed by atoms with E-state index in [4.69, 9.17) is 4.74 Å². The Morgan fingerprint density at radius 3 is 1.98 bits per heavy atom. The highest BCUT2D eigenvalue weighted by atomic mass is 32.2. The van der Waals surface area contributed by atoms with Gasteiger partial charge in [0, 0.05) is 6.54 Å². The van der Waals surface area contributed by atoms with Crippen molar-refractivity contribution in [2.24, 2.45) is 0 Å². The van der Waals surface area contributed by atoms with Crippen LogP contribution in [-0.2, 0) is 30.8 Å². The molecule has 204 valence electrons. The molecule has 1 amide bonds. The molecule has 5 rings (SSSR count). The van der Waals surface area contributed by atoms with Crippen LogP contribution in [0.3, 0.4) is 0 Å². The van der Waals surface area contributed by atoms with Crippen molar-refractivity contribution in [1.82, 2.24) is 9.62 Å². The van der Waals surface area contributed by atoms with Crippen molar-refractivity contribution in [1.29, 1.82) is 0 Å². The first-order valence-corrected chi connectivity index (χ1v) is 14.6. The number of sulfonamides is 1. The summed E-state index contributed by atoms with van der Waals surface area (Å²) in [7, 11) is -3.86. The van der Waals surface area contributed by atoms with Crippen molar-refractivity contribution < 1.29 is 22.7 Å². The fourth-order valence-corrected chi connectivity index (χ4v) is 6.70. The van der Waals surface area contributed by atoms with Gasteiger partial charge in [-0.1, -0.05) is 103 Å². The van der Waals surface area contributed by atoms with E-state index in [-0.39, 0.29) is 17.9 Å². The lowest BCUT2D eigenvalue weighted by atomic mass is 9.92. The standard InChI is InChI=1S/C32H30N2O5S/c35-30(33-32(25-13-4-1-5-14-25)26-15-6-2-7-16-26)23-39-31(36)22-29-28-19-11-10-12-24(28)20-21-34(29)40(37,38)27-17-8-3-9-18-27/h1-19,29,32H,20-23H2,(H,33,35). The van der Waals surface area contributed by atoms with E-state index in [1.807, 2.05) is 84.9 Å². The van der Waals surface area contributed by atoms with E-state index in [0.717, 1.165) is 22.3 Å². The van der Waals surface area contributed by atoms with Crippen LogP contribution in [0.1, 0.15) is 40.8 Å². The summed E-state index contributed by atoms with van der Waals surface area (Å²) >= 11 is 0. The summed E-state index contributed by atoms with van der Waals surface area (Å²) in [4.78, 5) is 26.1. The molecule has 0 fully saturated rings. The van der Waals surface area contributed by atoms with Gasteiger partial charge in [0.25, 0.3) is 5.91 Å². The van der Waals surface area contributed by atoms with Crippen LogP contribution in [0.4, 0.5) is 0 Å². The Bertz CT molecular complexity index is 1520. The van der Waals surface area contributed by atoms with Crippen molar-refractivity contribution in [2.45, 2.75) is 29.8 Å². The number of esters is 1. The number of carbonyl (C=O) groups is 2. The van der Waals surface area contributed by atoms with Gasteiger partial charge in [0.1, 0.15) is 0 Å². The van der Waals surface area contributed by atoms with E-state index in [1.54, 1.807) is 30.3 Å². The van der Waals surface area contributed by atoms with Gasteiger partial charge in [-0.05, 0) is 40.8 Å². The molecule has 0 radical (unpaired) electrons. The number of benzene rings is 4. The number of hydrogen-bond acceptors (Lipinski definition) is 5. The topological polar surface area (TPSA) is 92.8 Å². The summed E-state index contributed by atoms with van der Waals surface area (Å²) in [6, 6.07) is 33.6. The van der Waals surface area contributed by atoms with Crippen LogP contribution in [0.15, 0.2) is 120 Å². The number of amides is 1. The van der Waals surface area contributed by atoms with E-state index in [9.17, 15) is 18.0 Å². The molecule has 7 nitrogen and oxygen atoms in total. The molecule has 40 heavy (non-hydrogen) atoms. The number of nitrogens with one attached hydrogen (secondary N) is 1. The highest BCUT2D eigenvalue weighted by molar-refractivity contribution is 7.89. The van der Waals surface area contributed by atoms with E-state index in [0.29, 0.717) is 6.42 Å². The van der Waals surface area contributed by atoms with Gasteiger partial charge in [-0.15, -0.1) is 0 Å². The Morgan fingerprint density at radius 1 is 0.800 bits per heavy atom. The maximum Gasteiger partial charge on any atom is 0.308 e. The highest BCUT2D eigenvalue weighted by Crippen LogP contribution is 2.36. The zero-order valence-corrected chi connectivity index (χ0v) is 22.7. The molecule has 0 aromatic heterocycles. The Labute approximate surface area is 234 Å². The molecule has 1 unspecified atom stereocenters. The zero-order valence-electron chi connectivity index (χ0n) is 21.8. The summed E-state index contributed by atoms with van der Waals surface area (Å²) in [5, 5.41) is 2.96. The first-order valence-electron chi connectivity index (χ1n) is 13.1. The van der Waals surface area contributed by atoms with Crippen LogP contribution < -0.4 is 5.32 Å². The summed E-state index contributed by atoms with van der Waals surface area (Å²) in [6.07, 6.45) is 0.327. The summed E-state index contributed by atoms with van der Waals surface area (Å²) in [5.74, 6) is -1.11. The van der Waals surface area contributed by atoms with Gasteiger partial charge in [-0.25, -0.2) is 8.42 Å². The van der Waals surface area contributed by atoms with Crippen LogP contribution in [0.5, 0.6) is 0 Å². The molecule has 0 bridgehead atoms. The van der Waals surface area contributed by atoms with Crippen LogP contribution in [0.2, 0.25) is 0 Å². The normalized spacial score (nSPS) is 15.3. The monoisotopic (exact) mass is 554 g/mol.